The second-order valence-corrected chi connectivity index (χ2v) is 4.70. The van der Waals surface area contributed by atoms with Crippen LogP contribution in [-0.2, 0) is 25.6 Å². The van der Waals surface area contributed by atoms with Gasteiger partial charge < -0.3 is 19.5 Å². The molecule has 0 spiro atoms. The number of hydrogen-bond acceptors (Lipinski definition) is 5. The van der Waals surface area contributed by atoms with E-state index in [1.165, 1.54) is 0 Å². The lowest BCUT2D eigenvalue weighted by Crippen LogP contribution is -2.31. The number of nitrogens with one attached hydrogen (secondary N) is 1. The van der Waals surface area contributed by atoms with E-state index in [1.807, 2.05) is 24.3 Å². The lowest BCUT2D eigenvalue weighted by molar-refractivity contribution is -0.157. The maximum Gasteiger partial charge on any atom is 0.335 e. The highest BCUT2D eigenvalue weighted by Gasteiger charge is 2.25. The minimum absolute atomic E-state index is 0.298. The van der Waals surface area contributed by atoms with Gasteiger partial charge in [0.25, 0.3) is 5.91 Å². The Labute approximate surface area is 123 Å². The SMILES string of the molecule is COc1ccccc1CNC(=O)COC(=O)[C@@H]1CCCO1. The maximum absolute atomic E-state index is 11.7. The van der Waals surface area contributed by atoms with Crippen molar-refractivity contribution in [3.05, 3.63) is 29.8 Å². The van der Waals surface area contributed by atoms with Crippen molar-refractivity contribution in [1.82, 2.24) is 5.32 Å². The number of ether oxygens (including phenoxy) is 3. The Morgan fingerprint density at radius 2 is 2.19 bits per heavy atom. The van der Waals surface area contributed by atoms with Crippen LogP contribution in [0.2, 0.25) is 0 Å². The first-order valence-corrected chi connectivity index (χ1v) is 6.87. The number of methoxy groups -OCH3 is 1. The van der Waals surface area contributed by atoms with Gasteiger partial charge in [0, 0.05) is 18.7 Å². The Morgan fingerprint density at radius 1 is 1.38 bits per heavy atom. The van der Waals surface area contributed by atoms with Crippen molar-refractivity contribution in [2.24, 2.45) is 0 Å². The first-order chi connectivity index (χ1) is 10.2. The second kappa shape index (κ2) is 7.64. The highest BCUT2D eigenvalue weighted by atomic mass is 16.6. The highest BCUT2D eigenvalue weighted by molar-refractivity contribution is 5.82. The minimum atomic E-state index is -0.521. The van der Waals surface area contributed by atoms with Gasteiger partial charge in [-0.25, -0.2) is 4.79 Å². The van der Waals surface area contributed by atoms with E-state index in [0.717, 1.165) is 12.0 Å². The molecule has 0 bridgehead atoms. The van der Waals surface area contributed by atoms with Crippen LogP contribution in [0, 0.1) is 0 Å². The van der Waals surface area contributed by atoms with Gasteiger partial charge in [-0.1, -0.05) is 18.2 Å². The van der Waals surface area contributed by atoms with Crippen molar-refractivity contribution in [1.29, 1.82) is 0 Å². The molecule has 6 heteroatoms. The van der Waals surface area contributed by atoms with E-state index in [9.17, 15) is 9.59 Å². The summed E-state index contributed by atoms with van der Waals surface area (Å²) in [4.78, 5) is 23.2. The van der Waals surface area contributed by atoms with Gasteiger partial charge in [0.1, 0.15) is 5.75 Å². The van der Waals surface area contributed by atoms with Crippen molar-refractivity contribution in [3.63, 3.8) is 0 Å². The van der Waals surface area contributed by atoms with Gasteiger partial charge in [0.2, 0.25) is 0 Å². The van der Waals surface area contributed by atoms with Gasteiger partial charge in [0.05, 0.1) is 7.11 Å². The van der Waals surface area contributed by atoms with Crippen LogP contribution in [0.1, 0.15) is 18.4 Å². The Hall–Kier alpha value is -2.08. The molecular formula is C15H19NO5. The Kier molecular flexibility index (Phi) is 5.57. The van der Waals surface area contributed by atoms with E-state index in [4.69, 9.17) is 14.2 Å². The average molecular weight is 293 g/mol. The van der Waals surface area contributed by atoms with Crippen LogP contribution in [0.3, 0.4) is 0 Å². The van der Waals surface area contributed by atoms with Crippen LogP contribution in [-0.4, -0.2) is 38.3 Å². The number of carbonyl (C=O) groups excluding carboxylic acids is 2. The number of rotatable bonds is 6. The molecule has 0 unspecified atom stereocenters. The molecular weight excluding hydrogens is 274 g/mol. The molecule has 1 aliphatic heterocycles. The number of carbonyl (C=O) groups is 2. The molecule has 0 saturated carbocycles. The summed E-state index contributed by atoms with van der Waals surface area (Å²) in [5.74, 6) is -0.124. The fourth-order valence-electron chi connectivity index (χ4n) is 2.09. The van der Waals surface area contributed by atoms with Gasteiger partial charge in [-0.15, -0.1) is 0 Å². The number of esters is 1. The second-order valence-electron chi connectivity index (χ2n) is 4.70. The highest BCUT2D eigenvalue weighted by Crippen LogP contribution is 2.16. The third-order valence-corrected chi connectivity index (χ3v) is 3.21. The van der Waals surface area contributed by atoms with Crippen LogP contribution in [0.5, 0.6) is 5.75 Å². The smallest absolute Gasteiger partial charge is 0.335 e. The molecule has 1 saturated heterocycles. The summed E-state index contributed by atoms with van der Waals surface area (Å²) in [7, 11) is 1.57. The molecule has 114 valence electrons. The van der Waals surface area contributed by atoms with E-state index in [1.54, 1.807) is 7.11 Å². The van der Waals surface area contributed by atoms with E-state index in [-0.39, 0.29) is 12.5 Å². The molecule has 21 heavy (non-hydrogen) atoms. The lowest BCUT2D eigenvalue weighted by Gasteiger charge is -2.11. The Morgan fingerprint density at radius 3 is 2.90 bits per heavy atom. The molecule has 1 fully saturated rings. The van der Waals surface area contributed by atoms with Crippen LogP contribution >= 0.6 is 0 Å². The standard InChI is InChI=1S/C15H19NO5/c1-19-12-6-3-2-5-11(12)9-16-14(17)10-21-15(18)13-7-4-8-20-13/h2-3,5-6,13H,4,7-10H2,1H3,(H,16,17)/t13-/m0/s1. The minimum Gasteiger partial charge on any atom is -0.496 e. The molecule has 1 N–H and O–H groups in total. The largest absolute Gasteiger partial charge is 0.496 e. The summed E-state index contributed by atoms with van der Waals surface area (Å²) in [6, 6.07) is 7.39. The van der Waals surface area contributed by atoms with Crippen molar-refractivity contribution in [3.8, 4) is 5.75 Å². The van der Waals surface area contributed by atoms with Crippen molar-refractivity contribution in [2.45, 2.75) is 25.5 Å². The molecule has 0 aromatic heterocycles. The topological polar surface area (TPSA) is 73.9 Å². The predicted octanol–water partition coefficient (Wildman–Crippen LogP) is 1.03. The van der Waals surface area contributed by atoms with Crippen molar-refractivity contribution in [2.75, 3.05) is 20.3 Å². The monoisotopic (exact) mass is 293 g/mol. The van der Waals surface area contributed by atoms with Gasteiger partial charge in [0.15, 0.2) is 12.7 Å². The summed E-state index contributed by atoms with van der Waals surface area (Å²) in [5, 5.41) is 2.68. The number of para-hydroxylation sites is 1. The molecule has 1 heterocycles. The summed E-state index contributed by atoms with van der Waals surface area (Å²) in [6.07, 6.45) is 0.980. The Bertz CT molecular complexity index is 497. The van der Waals surface area contributed by atoms with Crippen LogP contribution < -0.4 is 10.1 Å². The van der Waals surface area contributed by atoms with E-state index in [2.05, 4.69) is 5.32 Å². The molecule has 1 atom stereocenters. The van der Waals surface area contributed by atoms with Crippen LogP contribution in [0.15, 0.2) is 24.3 Å². The number of benzene rings is 1. The molecule has 1 aromatic rings. The summed E-state index contributed by atoms with van der Waals surface area (Å²) in [5.41, 5.74) is 0.860. The maximum atomic E-state index is 11.7. The molecule has 0 aliphatic carbocycles. The zero-order valence-corrected chi connectivity index (χ0v) is 12.0. The number of hydrogen-bond donors (Lipinski definition) is 1. The van der Waals surface area contributed by atoms with Crippen LogP contribution in [0.4, 0.5) is 0 Å². The van der Waals surface area contributed by atoms with E-state index < -0.39 is 12.1 Å². The Balaban J connectivity index is 1.73. The first kappa shape index (κ1) is 15.3. The van der Waals surface area contributed by atoms with Crippen LogP contribution in [0.25, 0.3) is 0 Å². The van der Waals surface area contributed by atoms with E-state index >= 15 is 0 Å². The van der Waals surface area contributed by atoms with Gasteiger partial charge in [-0.3, -0.25) is 4.79 Å². The lowest BCUT2D eigenvalue weighted by atomic mass is 10.2. The summed E-state index contributed by atoms with van der Waals surface area (Å²) >= 11 is 0. The first-order valence-electron chi connectivity index (χ1n) is 6.87. The molecule has 0 radical (unpaired) electrons. The molecule has 1 aromatic carbocycles. The molecule has 1 amide bonds. The third kappa shape index (κ3) is 4.46. The van der Waals surface area contributed by atoms with Crippen molar-refractivity contribution < 1.29 is 23.8 Å². The van der Waals surface area contributed by atoms with Gasteiger partial charge >= 0.3 is 5.97 Å². The number of amides is 1. The molecule has 1 aliphatic rings. The summed E-state index contributed by atoms with van der Waals surface area (Å²) < 4.78 is 15.3. The third-order valence-electron chi connectivity index (χ3n) is 3.21. The zero-order valence-electron chi connectivity index (χ0n) is 12.0. The zero-order chi connectivity index (χ0) is 15.1. The summed E-state index contributed by atoms with van der Waals surface area (Å²) in [6.45, 7) is 0.591. The molecule has 2 rings (SSSR count). The van der Waals surface area contributed by atoms with Crippen molar-refractivity contribution >= 4 is 11.9 Å². The van der Waals surface area contributed by atoms with Gasteiger partial charge in [-0.05, 0) is 18.9 Å². The fourth-order valence-corrected chi connectivity index (χ4v) is 2.09. The fraction of sp³-hybridized carbons (Fsp3) is 0.467. The quantitative estimate of drug-likeness (QED) is 0.793. The van der Waals surface area contributed by atoms with Gasteiger partial charge in [-0.2, -0.15) is 0 Å². The normalized spacial score (nSPS) is 17.3. The van der Waals surface area contributed by atoms with E-state index in [0.29, 0.717) is 25.3 Å². The predicted molar refractivity (Wildman–Crippen MR) is 74.8 cm³/mol. The average Bonchev–Trinajstić information content (AvgIpc) is 3.05. The molecule has 6 nitrogen and oxygen atoms in total.